The Morgan fingerprint density at radius 1 is 0.542 bits per heavy atom. The van der Waals surface area contributed by atoms with Crippen LogP contribution in [0, 0.1) is 47.3 Å². The van der Waals surface area contributed by atoms with E-state index in [-0.39, 0.29) is 36.3 Å². The molecule has 4 bridgehead atoms. The monoisotopic (exact) mass is 680 g/mol. The Bertz CT molecular complexity index is 1070. The van der Waals surface area contributed by atoms with Gasteiger partial charge in [-0.15, -0.1) is 0 Å². The molecule has 48 heavy (non-hydrogen) atoms. The number of ether oxygens (including phenoxy) is 6. The van der Waals surface area contributed by atoms with E-state index in [4.69, 9.17) is 48.0 Å². The van der Waals surface area contributed by atoms with E-state index in [2.05, 4.69) is 38.3 Å². The summed E-state index contributed by atoms with van der Waals surface area (Å²) in [5.74, 6) is 1.21. The first kappa shape index (κ1) is 34.6. The van der Waals surface area contributed by atoms with E-state index in [1.165, 1.54) is 12.8 Å². The lowest BCUT2D eigenvalue weighted by molar-refractivity contribution is -0.577. The second-order valence-electron chi connectivity index (χ2n) is 16.8. The molecule has 2 saturated carbocycles. The third kappa shape index (κ3) is 5.64. The van der Waals surface area contributed by atoms with Crippen LogP contribution in [0.5, 0.6) is 0 Å². The molecule has 4 unspecified atom stereocenters. The van der Waals surface area contributed by atoms with E-state index in [1.54, 1.807) is 0 Å². The van der Waals surface area contributed by atoms with Gasteiger partial charge in [0, 0.05) is 62.7 Å². The number of nitrogens with one attached hydrogen (secondary N) is 2. The molecule has 12 heteroatoms. The van der Waals surface area contributed by atoms with E-state index in [9.17, 15) is 0 Å². The van der Waals surface area contributed by atoms with Crippen LogP contribution in [0.3, 0.4) is 0 Å². The van der Waals surface area contributed by atoms with E-state index in [0.29, 0.717) is 36.9 Å². The van der Waals surface area contributed by atoms with Gasteiger partial charge in [-0.05, 0) is 76.0 Å². The number of fused-ring (bicyclic) bond motifs is 4. The zero-order valence-corrected chi connectivity index (χ0v) is 29.9. The minimum atomic E-state index is -0.767. The molecule has 0 radical (unpaired) electrons. The summed E-state index contributed by atoms with van der Waals surface area (Å²) in [5.41, 5.74) is -1.10. The highest BCUT2D eigenvalue weighted by Gasteiger charge is 2.71. The van der Waals surface area contributed by atoms with E-state index < -0.39 is 35.4 Å². The molecule has 8 aliphatic heterocycles. The van der Waals surface area contributed by atoms with Crippen molar-refractivity contribution in [2.75, 3.05) is 39.4 Å². The van der Waals surface area contributed by atoms with Gasteiger partial charge in [-0.1, -0.05) is 27.7 Å². The summed E-state index contributed by atoms with van der Waals surface area (Å²) in [6.45, 7) is 17.3. The predicted octanol–water partition coefficient (Wildman–Crippen LogP) is 4.61. The fraction of sp³-hybridized carbons (Fsp3) is 1.00. The zero-order valence-electron chi connectivity index (χ0n) is 29.9. The van der Waals surface area contributed by atoms with Crippen molar-refractivity contribution in [3.8, 4) is 0 Å². The molecule has 8 saturated heterocycles. The van der Waals surface area contributed by atoms with Crippen LogP contribution < -0.4 is 10.6 Å². The molecule has 2 N–H and O–H groups in total. The molecule has 274 valence electrons. The van der Waals surface area contributed by atoms with Crippen LogP contribution in [0.25, 0.3) is 0 Å². The van der Waals surface area contributed by atoms with Crippen molar-refractivity contribution in [1.29, 1.82) is 0 Å². The summed E-state index contributed by atoms with van der Waals surface area (Å²) in [4.78, 5) is 24.3. The number of hydrogen-bond acceptors (Lipinski definition) is 12. The van der Waals surface area contributed by atoms with Gasteiger partial charge in [0.15, 0.2) is 36.4 Å². The van der Waals surface area contributed by atoms with Crippen molar-refractivity contribution in [2.45, 2.75) is 141 Å². The van der Waals surface area contributed by atoms with Crippen LogP contribution in [-0.4, -0.2) is 87.3 Å². The maximum absolute atomic E-state index is 6.53. The van der Waals surface area contributed by atoms with Gasteiger partial charge in [0.2, 0.25) is 11.6 Å². The van der Waals surface area contributed by atoms with Gasteiger partial charge in [-0.25, -0.2) is 19.6 Å². The summed E-state index contributed by atoms with van der Waals surface area (Å²) < 4.78 is 38.6. The highest BCUT2D eigenvalue weighted by atomic mass is 17.3. The average molecular weight is 681 g/mol. The van der Waals surface area contributed by atoms with Crippen molar-refractivity contribution in [3.63, 3.8) is 0 Å². The first-order valence-corrected chi connectivity index (χ1v) is 19.1. The molecule has 0 aromatic rings. The van der Waals surface area contributed by atoms with Crippen LogP contribution in [0.4, 0.5) is 0 Å². The smallest absolute Gasteiger partial charge is 0.201 e. The Labute approximate surface area is 286 Å². The Balaban J connectivity index is 0.750. The average Bonchev–Trinajstić information content (AvgIpc) is 3.44. The van der Waals surface area contributed by atoms with Crippen molar-refractivity contribution >= 4 is 0 Å². The summed E-state index contributed by atoms with van der Waals surface area (Å²) in [7, 11) is 0. The Kier molecular flexibility index (Phi) is 9.50. The van der Waals surface area contributed by atoms with Crippen molar-refractivity contribution in [3.05, 3.63) is 0 Å². The first-order valence-electron chi connectivity index (χ1n) is 19.1. The second kappa shape index (κ2) is 13.2. The van der Waals surface area contributed by atoms with Crippen LogP contribution in [-0.2, 0) is 48.0 Å². The van der Waals surface area contributed by atoms with Crippen LogP contribution >= 0.6 is 0 Å². The predicted molar refractivity (Wildman–Crippen MR) is 171 cm³/mol. The molecule has 10 fully saturated rings. The van der Waals surface area contributed by atoms with Crippen molar-refractivity contribution in [2.24, 2.45) is 47.3 Å². The summed E-state index contributed by atoms with van der Waals surface area (Å²) >= 11 is 0. The van der Waals surface area contributed by atoms with Gasteiger partial charge in [0.1, 0.15) is 0 Å². The van der Waals surface area contributed by atoms with Gasteiger partial charge in [-0.2, -0.15) is 0 Å². The third-order valence-electron chi connectivity index (χ3n) is 13.8. The topological polar surface area (TPSA) is 116 Å². The SMILES string of the molecule is C[C@@H]1CCC2[C@@H](C)[C@@H](OCCNCCNCCO[C@H]3O[C@@H]4O[C@@]5(C)CCC6[C@H](C)CCC([C@H]3C)[C@]64OO5)O[C@@H]3O[C@@]4(C)CCC1[C@@]23OO4. The molecule has 2 spiro atoms. The first-order chi connectivity index (χ1) is 23.1. The standard InChI is InChI=1S/C36H60N2O10/c1-21-7-9-27-23(3)29(41-31-35(27)25(21)11-13-33(5,43-31)45-47-35)39-19-17-37-15-16-38-18-20-40-30-24(4)28-10-8-22(2)26-12-14-34(6)44-32(42-30)36(26,28)48-46-34/h21-32,37-38H,7-20H2,1-6H3/t21-,22-,23-,24-,25?,26?,27?,28?,29+,30+,31-,32-,33-,34-,35-,36-/m1/s1. The minimum absolute atomic E-state index is 0.185. The summed E-state index contributed by atoms with van der Waals surface area (Å²) in [5, 5.41) is 6.98. The van der Waals surface area contributed by atoms with Gasteiger partial charge in [0.25, 0.3) is 0 Å². The summed E-state index contributed by atoms with van der Waals surface area (Å²) in [6.07, 6.45) is 6.61. The molecule has 2 aliphatic carbocycles. The lowest BCUT2D eigenvalue weighted by atomic mass is 9.58. The maximum atomic E-state index is 6.53. The molecule has 16 atom stereocenters. The van der Waals surface area contributed by atoms with E-state index >= 15 is 0 Å². The van der Waals surface area contributed by atoms with E-state index in [1.807, 2.05) is 13.8 Å². The highest BCUT2D eigenvalue weighted by Crippen LogP contribution is 2.62. The molecule has 0 amide bonds. The van der Waals surface area contributed by atoms with Gasteiger partial charge >= 0.3 is 0 Å². The summed E-state index contributed by atoms with van der Waals surface area (Å²) in [6, 6.07) is 0. The molecule has 8 heterocycles. The maximum Gasteiger partial charge on any atom is 0.201 e. The Morgan fingerprint density at radius 2 is 0.979 bits per heavy atom. The molecule has 12 nitrogen and oxygen atoms in total. The quantitative estimate of drug-likeness (QED) is 0.235. The number of rotatable bonds is 11. The minimum Gasteiger partial charge on any atom is -0.351 e. The van der Waals surface area contributed by atoms with Crippen LogP contribution in [0.15, 0.2) is 0 Å². The van der Waals surface area contributed by atoms with Crippen molar-refractivity contribution < 1.29 is 48.0 Å². The second-order valence-corrected chi connectivity index (χ2v) is 16.8. The van der Waals surface area contributed by atoms with Gasteiger partial charge in [0.05, 0.1) is 13.2 Å². The lowest BCUT2D eigenvalue weighted by Crippen LogP contribution is -2.70. The van der Waals surface area contributed by atoms with Crippen LogP contribution in [0.2, 0.25) is 0 Å². The molecular weight excluding hydrogens is 620 g/mol. The van der Waals surface area contributed by atoms with E-state index in [0.717, 1.165) is 64.7 Å². The van der Waals surface area contributed by atoms with Crippen LogP contribution in [0.1, 0.15) is 92.9 Å². The molecule has 10 rings (SSSR count). The fourth-order valence-electron chi connectivity index (χ4n) is 11.0. The number of hydrogen-bond donors (Lipinski definition) is 2. The Hall–Kier alpha value is -0.480. The highest BCUT2D eigenvalue weighted by molar-refractivity contribution is 5.10. The van der Waals surface area contributed by atoms with Gasteiger partial charge < -0.3 is 39.1 Å². The lowest BCUT2D eigenvalue weighted by Gasteiger charge is -2.60. The van der Waals surface area contributed by atoms with Crippen molar-refractivity contribution in [1.82, 2.24) is 10.6 Å². The third-order valence-corrected chi connectivity index (χ3v) is 13.8. The molecule has 0 aromatic carbocycles. The molecular formula is C36H60N2O10. The largest absolute Gasteiger partial charge is 0.351 e. The molecule has 10 aliphatic rings. The fourth-order valence-corrected chi connectivity index (χ4v) is 11.0. The van der Waals surface area contributed by atoms with Gasteiger partial charge in [-0.3, -0.25) is 0 Å². The normalized spacial score (nSPS) is 53.9. The molecule has 0 aromatic heterocycles. The Morgan fingerprint density at radius 3 is 1.42 bits per heavy atom. The zero-order chi connectivity index (χ0) is 33.3.